The van der Waals surface area contributed by atoms with Crippen LogP contribution in [-0.2, 0) is 0 Å². The maximum Gasteiger partial charge on any atom is 0.201 e. The molecule has 0 saturated heterocycles. The number of fused-ring (bicyclic) bond motifs is 4. The van der Waals surface area contributed by atoms with E-state index in [1.165, 1.54) is 20.3 Å². The molecule has 0 saturated carbocycles. The van der Waals surface area contributed by atoms with Gasteiger partial charge in [-0.2, -0.15) is 0 Å². The van der Waals surface area contributed by atoms with Crippen LogP contribution in [0.25, 0.3) is 0 Å². The molecule has 0 spiro atoms. The van der Waals surface area contributed by atoms with E-state index in [1.807, 2.05) is 19.9 Å². The first-order valence-electron chi connectivity index (χ1n) is 12.7. The Morgan fingerprint density at radius 2 is 1.10 bits per heavy atom. The SMILES string of the molecule is COc1cc(C)cc2c1C(=O)c1c(O)cc(O)cc1[C@H]2[C@@H]1c2cc(C)cc(OC)c2C(=O)c2c(O)cc(O)c(Cl)c21. The minimum absolute atomic E-state index is 0.0393. The highest BCUT2D eigenvalue weighted by Crippen LogP contribution is 2.58. The molecule has 4 N–H and O–H groups in total. The van der Waals surface area contributed by atoms with E-state index in [4.69, 9.17) is 21.1 Å². The van der Waals surface area contributed by atoms with Gasteiger partial charge in [0.25, 0.3) is 0 Å². The normalized spacial score (nSPS) is 16.9. The molecule has 41 heavy (non-hydrogen) atoms. The van der Waals surface area contributed by atoms with Crippen molar-refractivity contribution in [2.24, 2.45) is 0 Å². The number of carbonyl (C=O) groups is 2. The topological polar surface area (TPSA) is 134 Å². The largest absolute Gasteiger partial charge is 0.508 e. The lowest BCUT2D eigenvalue weighted by Gasteiger charge is -2.39. The van der Waals surface area contributed by atoms with Gasteiger partial charge in [-0.05, 0) is 65.4 Å². The Kier molecular flexibility index (Phi) is 5.94. The number of phenolic OH excluding ortho intramolecular Hbond substituents is 4. The molecule has 0 aromatic heterocycles. The van der Waals surface area contributed by atoms with E-state index in [0.717, 1.165) is 23.3 Å². The van der Waals surface area contributed by atoms with Crippen molar-refractivity contribution in [2.45, 2.75) is 25.7 Å². The molecular formula is C32H25ClO8. The number of rotatable bonds is 3. The maximum atomic E-state index is 14.0. The van der Waals surface area contributed by atoms with E-state index >= 15 is 0 Å². The molecule has 8 nitrogen and oxygen atoms in total. The summed E-state index contributed by atoms with van der Waals surface area (Å²) in [5.41, 5.74) is 3.18. The van der Waals surface area contributed by atoms with Crippen LogP contribution < -0.4 is 9.47 Å². The molecule has 2 atom stereocenters. The van der Waals surface area contributed by atoms with E-state index < -0.39 is 40.7 Å². The van der Waals surface area contributed by atoms with Crippen molar-refractivity contribution >= 4 is 23.2 Å². The van der Waals surface area contributed by atoms with Crippen molar-refractivity contribution in [3.05, 3.63) is 103 Å². The van der Waals surface area contributed by atoms with Crippen LogP contribution in [0.5, 0.6) is 34.5 Å². The van der Waals surface area contributed by atoms with Gasteiger partial charge in [0, 0.05) is 24.0 Å². The van der Waals surface area contributed by atoms with Gasteiger partial charge in [0.15, 0.2) is 0 Å². The molecule has 0 heterocycles. The summed E-state index contributed by atoms with van der Waals surface area (Å²) in [5.74, 6) is -3.84. The molecule has 2 aliphatic rings. The van der Waals surface area contributed by atoms with E-state index in [9.17, 15) is 30.0 Å². The molecule has 4 aromatic carbocycles. The molecule has 4 aromatic rings. The molecule has 0 unspecified atom stereocenters. The van der Waals surface area contributed by atoms with Crippen LogP contribution in [0.2, 0.25) is 5.02 Å². The van der Waals surface area contributed by atoms with Crippen molar-refractivity contribution in [1.82, 2.24) is 0 Å². The van der Waals surface area contributed by atoms with Crippen LogP contribution in [0.15, 0.2) is 42.5 Å². The van der Waals surface area contributed by atoms with E-state index in [0.29, 0.717) is 11.1 Å². The Labute approximate surface area is 240 Å². The van der Waals surface area contributed by atoms with Gasteiger partial charge >= 0.3 is 0 Å². The first kappa shape index (κ1) is 26.5. The minimum atomic E-state index is -0.893. The van der Waals surface area contributed by atoms with Crippen LogP contribution in [-0.4, -0.2) is 46.2 Å². The molecular weight excluding hydrogens is 548 g/mol. The van der Waals surface area contributed by atoms with Crippen molar-refractivity contribution < 1.29 is 39.5 Å². The summed E-state index contributed by atoms with van der Waals surface area (Å²) in [4.78, 5) is 27.9. The summed E-state index contributed by atoms with van der Waals surface area (Å²) in [6, 6.07) is 10.5. The Morgan fingerprint density at radius 3 is 1.66 bits per heavy atom. The Balaban J connectivity index is 1.83. The lowest BCUT2D eigenvalue weighted by molar-refractivity contribution is 0.101. The molecule has 0 aliphatic heterocycles. The molecule has 0 bridgehead atoms. The third-order valence-corrected chi connectivity index (χ3v) is 8.34. The Hall–Kier alpha value is -4.69. The van der Waals surface area contributed by atoms with Gasteiger partial charge in [0.1, 0.15) is 34.5 Å². The van der Waals surface area contributed by atoms with Crippen molar-refractivity contribution in [3.8, 4) is 34.5 Å². The van der Waals surface area contributed by atoms with E-state index in [1.54, 1.807) is 18.2 Å². The first-order valence-corrected chi connectivity index (χ1v) is 13.1. The van der Waals surface area contributed by atoms with Gasteiger partial charge < -0.3 is 29.9 Å². The highest BCUT2D eigenvalue weighted by Gasteiger charge is 2.47. The van der Waals surface area contributed by atoms with Gasteiger partial charge in [-0.25, -0.2) is 0 Å². The number of aromatic hydroxyl groups is 4. The van der Waals surface area contributed by atoms with Crippen LogP contribution in [0, 0.1) is 13.8 Å². The zero-order chi connectivity index (χ0) is 29.5. The first-order chi connectivity index (χ1) is 19.5. The molecule has 9 heteroatoms. The summed E-state index contributed by atoms with van der Waals surface area (Å²) in [7, 11) is 2.87. The molecule has 0 radical (unpaired) electrons. The zero-order valence-corrected chi connectivity index (χ0v) is 23.3. The van der Waals surface area contributed by atoms with Crippen LogP contribution >= 0.6 is 11.6 Å². The highest BCUT2D eigenvalue weighted by atomic mass is 35.5. The van der Waals surface area contributed by atoms with E-state index in [2.05, 4.69) is 0 Å². The summed E-state index contributed by atoms with van der Waals surface area (Å²) < 4.78 is 11.2. The summed E-state index contributed by atoms with van der Waals surface area (Å²) >= 11 is 6.74. The lowest BCUT2D eigenvalue weighted by Crippen LogP contribution is -2.30. The van der Waals surface area contributed by atoms with Crippen molar-refractivity contribution in [2.75, 3.05) is 14.2 Å². The fraction of sp³-hybridized carbons (Fsp3) is 0.188. The van der Waals surface area contributed by atoms with E-state index in [-0.39, 0.29) is 55.7 Å². The number of aryl methyl sites for hydroxylation is 2. The number of hydrogen-bond donors (Lipinski definition) is 4. The van der Waals surface area contributed by atoms with Crippen LogP contribution in [0.3, 0.4) is 0 Å². The van der Waals surface area contributed by atoms with Gasteiger partial charge in [-0.3, -0.25) is 9.59 Å². The molecule has 0 fully saturated rings. The average Bonchev–Trinajstić information content (AvgIpc) is 2.90. The van der Waals surface area contributed by atoms with Crippen molar-refractivity contribution in [1.29, 1.82) is 0 Å². The van der Waals surface area contributed by atoms with Crippen LogP contribution in [0.1, 0.15) is 77.1 Å². The summed E-state index contributed by atoms with van der Waals surface area (Å²) in [6.07, 6.45) is 0. The second-order valence-electron chi connectivity index (χ2n) is 10.4. The zero-order valence-electron chi connectivity index (χ0n) is 22.5. The third kappa shape index (κ3) is 3.67. The maximum absolute atomic E-state index is 14.0. The highest BCUT2D eigenvalue weighted by molar-refractivity contribution is 6.34. The quantitative estimate of drug-likeness (QED) is 0.240. The predicted octanol–water partition coefficient (Wildman–Crippen LogP) is 5.85. The predicted molar refractivity (Wildman–Crippen MR) is 151 cm³/mol. The van der Waals surface area contributed by atoms with Gasteiger partial charge in [-0.15, -0.1) is 0 Å². The third-order valence-electron chi connectivity index (χ3n) is 7.94. The van der Waals surface area contributed by atoms with Crippen molar-refractivity contribution in [3.63, 3.8) is 0 Å². The Bertz CT molecular complexity index is 1840. The average molecular weight is 573 g/mol. The lowest BCUT2D eigenvalue weighted by atomic mass is 9.63. The smallest absolute Gasteiger partial charge is 0.201 e. The number of halogens is 1. The minimum Gasteiger partial charge on any atom is -0.508 e. The second-order valence-corrected chi connectivity index (χ2v) is 10.8. The monoisotopic (exact) mass is 572 g/mol. The standard InChI is InChI=1S/C32H25ClO8/c1-12-5-15-23(17-9-14(34)10-18(35)24(17)31(38)25(15)21(7-12)40-3)27-16-6-13(2)8-22(41-4)26(16)32(39)28-19(36)11-20(37)30(33)29(27)28/h5-11,23,27,34-37H,1-4H3/t23-,27-/m0/s1. The fourth-order valence-corrected chi connectivity index (χ4v) is 6.71. The van der Waals surface area contributed by atoms with Gasteiger partial charge in [0.05, 0.1) is 41.5 Å². The second kappa shape index (κ2) is 9.17. The van der Waals surface area contributed by atoms with Crippen LogP contribution in [0.4, 0.5) is 0 Å². The number of ketones is 2. The summed E-state index contributed by atoms with van der Waals surface area (Å²) in [6.45, 7) is 3.67. The molecule has 208 valence electrons. The number of ether oxygens (including phenoxy) is 2. The number of benzene rings is 4. The number of carbonyl (C=O) groups excluding carboxylic acids is 2. The van der Waals surface area contributed by atoms with Gasteiger partial charge in [0.2, 0.25) is 11.6 Å². The number of methoxy groups -OCH3 is 2. The molecule has 2 aliphatic carbocycles. The summed E-state index contributed by atoms with van der Waals surface area (Å²) in [5, 5.41) is 43.2. The fourth-order valence-electron chi connectivity index (χ4n) is 6.44. The van der Waals surface area contributed by atoms with Gasteiger partial charge in [-0.1, -0.05) is 23.7 Å². The molecule has 0 amide bonds. The Morgan fingerprint density at radius 1 is 0.610 bits per heavy atom. The number of hydrogen-bond acceptors (Lipinski definition) is 8. The molecule has 6 rings (SSSR count). The number of phenols is 4.